The number of halogens is 2. The van der Waals surface area contributed by atoms with Crippen molar-refractivity contribution in [3.05, 3.63) is 14.4 Å². The molecule has 0 aromatic carbocycles. The fourth-order valence-electron chi connectivity index (χ4n) is 1.96. The lowest BCUT2D eigenvalue weighted by Gasteiger charge is -2.23. The van der Waals surface area contributed by atoms with Crippen LogP contribution in [0.1, 0.15) is 39.3 Å². The van der Waals surface area contributed by atoms with Gasteiger partial charge in [0.1, 0.15) is 5.15 Å². The average Bonchev–Trinajstić information content (AvgIpc) is 2.73. The second kappa shape index (κ2) is 4.88. The minimum absolute atomic E-state index is 0.00240. The molecular formula is C12H17ClIN3. The van der Waals surface area contributed by atoms with Crippen LogP contribution in [0.3, 0.4) is 0 Å². The lowest BCUT2D eigenvalue weighted by atomic mass is 9.92. The highest BCUT2D eigenvalue weighted by Gasteiger charge is 2.25. The fourth-order valence-corrected chi connectivity index (χ4v) is 3.18. The summed E-state index contributed by atoms with van der Waals surface area (Å²) < 4.78 is 0.972. The molecule has 0 N–H and O–H groups in total. The van der Waals surface area contributed by atoms with Gasteiger partial charge in [-0.25, -0.2) is 4.98 Å². The molecular weight excluding hydrogens is 349 g/mol. The number of hydrogen-bond acceptors (Lipinski definition) is 3. The van der Waals surface area contributed by atoms with Gasteiger partial charge in [0.15, 0.2) is 0 Å². The van der Waals surface area contributed by atoms with Gasteiger partial charge in [0.25, 0.3) is 0 Å². The first-order chi connectivity index (χ1) is 7.89. The van der Waals surface area contributed by atoms with Crippen LogP contribution < -0.4 is 4.90 Å². The maximum atomic E-state index is 6.22. The molecule has 1 aromatic rings. The van der Waals surface area contributed by atoms with Crippen LogP contribution in [0, 0.1) is 3.57 Å². The summed E-state index contributed by atoms with van der Waals surface area (Å²) in [6, 6.07) is 0. The van der Waals surface area contributed by atoms with Gasteiger partial charge < -0.3 is 4.90 Å². The summed E-state index contributed by atoms with van der Waals surface area (Å²) in [6.07, 6.45) is 2.44. The SMILES string of the molecule is CC(C)(C)c1nc(N2CCCC2)nc(Cl)c1I. The monoisotopic (exact) mass is 365 g/mol. The molecule has 3 nitrogen and oxygen atoms in total. The molecule has 17 heavy (non-hydrogen) atoms. The number of anilines is 1. The van der Waals surface area contributed by atoms with E-state index in [0.29, 0.717) is 5.15 Å². The van der Waals surface area contributed by atoms with E-state index in [0.717, 1.165) is 28.3 Å². The van der Waals surface area contributed by atoms with Crippen molar-refractivity contribution in [3.8, 4) is 0 Å². The van der Waals surface area contributed by atoms with Gasteiger partial charge in [-0.05, 0) is 35.4 Å². The average molecular weight is 366 g/mol. The van der Waals surface area contributed by atoms with Gasteiger partial charge in [-0.3, -0.25) is 0 Å². The van der Waals surface area contributed by atoms with Crippen molar-refractivity contribution in [2.45, 2.75) is 39.0 Å². The molecule has 0 aliphatic carbocycles. The number of aromatic nitrogens is 2. The third kappa shape index (κ3) is 2.84. The number of hydrogen-bond donors (Lipinski definition) is 0. The summed E-state index contributed by atoms with van der Waals surface area (Å²) in [4.78, 5) is 11.3. The molecule has 1 saturated heterocycles. The summed E-state index contributed by atoms with van der Waals surface area (Å²) in [6.45, 7) is 8.55. The largest absolute Gasteiger partial charge is 0.341 e. The Hall–Kier alpha value is -0.100. The summed E-state index contributed by atoms with van der Waals surface area (Å²) >= 11 is 8.45. The third-order valence-electron chi connectivity index (χ3n) is 2.90. The number of nitrogens with zero attached hydrogens (tertiary/aromatic N) is 3. The van der Waals surface area contributed by atoms with Crippen molar-refractivity contribution in [1.29, 1.82) is 0 Å². The summed E-state index contributed by atoms with van der Waals surface area (Å²) in [7, 11) is 0. The molecule has 0 bridgehead atoms. The zero-order valence-corrected chi connectivity index (χ0v) is 13.3. The fraction of sp³-hybridized carbons (Fsp3) is 0.667. The Morgan fingerprint density at radius 3 is 2.29 bits per heavy atom. The Kier molecular flexibility index (Phi) is 3.83. The molecule has 0 unspecified atom stereocenters. The van der Waals surface area contributed by atoms with Crippen LogP contribution in [0.15, 0.2) is 0 Å². The second-order valence-corrected chi connectivity index (χ2v) is 6.86. The minimum atomic E-state index is -0.00240. The van der Waals surface area contributed by atoms with Crippen LogP contribution in [0.2, 0.25) is 5.15 Å². The van der Waals surface area contributed by atoms with Crippen molar-refractivity contribution >= 4 is 40.1 Å². The zero-order valence-electron chi connectivity index (χ0n) is 10.4. The van der Waals surface area contributed by atoms with Crippen LogP contribution in [0.25, 0.3) is 0 Å². The molecule has 5 heteroatoms. The predicted molar refractivity (Wildman–Crippen MR) is 79.9 cm³/mol. The molecule has 0 amide bonds. The van der Waals surface area contributed by atoms with E-state index in [9.17, 15) is 0 Å². The summed E-state index contributed by atoms with van der Waals surface area (Å²) in [5.41, 5.74) is 1.04. The Morgan fingerprint density at radius 1 is 1.18 bits per heavy atom. The lowest BCUT2D eigenvalue weighted by Crippen LogP contribution is -2.24. The molecule has 0 spiro atoms. The molecule has 1 aromatic heterocycles. The Labute approximate surface area is 121 Å². The lowest BCUT2D eigenvalue weighted by molar-refractivity contribution is 0.562. The highest BCUT2D eigenvalue weighted by molar-refractivity contribution is 14.1. The van der Waals surface area contributed by atoms with E-state index in [4.69, 9.17) is 16.6 Å². The highest BCUT2D eigenvalue weighted by Crippen LogP contribution is 2.31. The van der Waals surface area contributed by atoms with Gasteiger partial charge in [-0.15, -0.1) is 0 Å². The molecule has 2 rings (SSSR count). The van der Waals surface area contributed by atoms with E-state index in [-0.39, 0.29) is 5.41 Å². The molecule has 0 radical (unpaired) electrons. The van der Waals surface area contributed by atoms with Crippen LogP contribution >= 0.6 is 34.2 Å². The van der Waals surface area contributed by atoms with E-state index < -0.39 is 0 Å². The zero-order chi connectivity index (χ0) is 12.6. The van der Waals surface area contributed by atoms with Gasteiger partial charge >= 0.3 is 0 Å². The van der Waals surface area contributed by atoms with Crippen LogP contribution in [0.5, 0.6) is 0 Å². The van der Waals surface area contributed by atoms with E-state index >= 15 is 0 Å². The molecule has 2 heterocycles. The second-order valence-electron chi connectivity index (χ2n) is 5.42. The summed E-state index contributed by atoms with van der Waals surface area (Å²) in [5, 5.41) is 0.576. The van der Waals surface area contributed by atoms with Crippen molar-refractivity contribution in [1.82, 2.24) is 9.97 Å². The topological polar surface area (TPSA) is 29.0 Å². The van der Waals surface area contributed by atoms with Gasteiger partial charge in [-0.1, -0.05) is 32.4 Å². The molecule has 1 aliphatic heterocycles. The first-order valence-electron chi connectivity index (χ1n) is 5.88. The van der Waals surface area contributed by atoms with Gasteiger partial charge in [0, 0.05) is 18.5 Å². The van der Waals surface area contributed by atoms with Crippen molar-refractivity contribution in [2.24, 2.45) is 0 Å². The van der Waals surface area contributed by atoms with Crippen molar-refractivity contribution < 1.29 is 0 Å². The van der Waals surface area contributed by atoms with Gasteiger partial charge in [-0.2, -0.15) is 4.98 Å². The standard InChI is InChI=1S/C12H17ClIN3/c1-12(2,3)9-8(14)10(13)16-11(15-9)17-6-4-5-7-17/h4-7H2,1-3H3. The van der Waals surface area contributed by atoms with E-state index in [2.05, 4.69) is 53.2 Å². The first-order valence-corrected chi connectivity index (χ1v) is 7.34. The first kappa shape index (κ1) is 13.3. The smallest absolute Gasteiger partial charge is 0.227 e. The molecule has 1 fully saturated rings. The Morgan fingerprint density at radius 2 is 1.76 bits per heavy atom. The normalized spacial score (nSPS) is 16.6. The quantitative estimate of drug-likeness (QED) is 0.562. The van der Waals surface area contributed by atoms with E-state index in [1.54, 1.807) is 0 Å². The maximum absolute atomic E-state index is 6.22. The van der Waals surface area contributed by atoms with Gasteiger partial charge in [0.2, 0.25) is 5.95 Å². The predicted octanol–water partition coefficient (Wildman–Crippen LogP) is 3.63. The maximum Gasteiger partial charge on any atom is 0.227 e. The van der Waals surface area contributed by atoms with E-state index in [1.165, 1.54) is 12.8 Å². The van der Waals surface area contributed by atoms with Gasteiger partial charge in [0.05, 0.1) is 9.26 Å². The molecule has 1 aliphatic rings. The third-order valence-corrected chi connectivity index (χ3v) is 4.51. The van der Waals surface area contributed by atoms with E-state index in [1.807, 2.05) is 0 Å². The number of rotatable bonds is 1. The molecule has 0 atom stereocenters. The Balaban J connectivity index is 2.45. The Bertz CT molecular complexity index is 422. The highest BCUT2D eigenvalue weighted by atomic mass is 127. The van der Waals surface area contributed by atoms with Crippen molar-refractivity contribution in [3.63, 3.8) is 0 Å². The summed E-state index contributed by atoms with van der Waals surface area (Å²) in [5.74, 6) is 0.790. The van der Waals surface area contributed by atoms with Crippen LogP contribution in [-0.4, -0.2) is 23.1 Å². The van der Waals surface area contributed by atoms with Crippen molar-refractivity contribution in [2.75, 3.05) is 18.0 Å². The molecule has 0 saturated carbocycles. The van der Waals surface area contributed by atoms with Crippen LogP contribution in [-0.2, 0) is 5.41 Å². The molecule has 94 valence electrons. The minimum Gasteiger partial charge on any atom is -0.341 e. The van der Waals surface area contributed by atoms with Crippen LogP contribution in [0.4, 0.5) is 5.95 Å².